The second kappa shape index (κ2) is 11.8. The largest absolute Gasteiger partial charge is 0.481 e. The molecule has 0 unspecified atom stereocenters. The SMILES string of the molecule is O=C(O)C[C@@]1(c2ccc(C(=O)NC3CCCCC3)c(SCCc3cnccn3)n2)CCCNC1. The molecule has 0 bridgehead atoms. The zero-order valence-corrected chi connectivity index (χ0v) is 20.3. The number of aliphatic carboxylic acids is 1. The minimum Gasteiger partial charge on any atom is -0.481 e. The summed E-state index contributed by atoms with van der Waals surface area (Å²) in [6, 6.07) is 3.90. The van der Waals surface area contributed by atoms with Gasteiger partial charge in [0.05, 0.1) is 17.7 Å². The quantitative estimate of drug-likeness (QED) is 0.465. The van der Waals surface area contributed by atoms with Gasteiger partial charge in [-0.25, -0.2) is 4.98 Å². The molecular weight excluding hydrogens is 450 g/mol. The second-order valence-corrected chi connectivity index (χ2v) is 10.4. The van der Waals surface area contributed by atoms with Gasteiger partial charge in [-0.05, 0) is 44.4 Å². The molecule has 2 fully saturated rings. The lowest BCUT2D eigenvalue weighted by molar-refractivity contribution is -0.138. The maximum atomic E-state index is 13.2. The molecule has 0 spiro atoms. The van der Waals surface area contributed by atoms with Crippen molar-refractivity contribution in [1.29, 1.82) is 0 Å². The number of carbonyl (C=O) groups is 2. The topological polar surface area (TPSA) is 117 Å². The van der Waals surface area contributed by atoms with E-state index in [9.17, 15) is 14.7 Å². The van der Waals surface area contributed by atoms with Crippen LogP contribution in [0.4, 0.5) is 0 Å². The molecule has 182 valence electrons. The summed E-state index contributed by atoms with van der Waals surface area (Å²) in [5, 5.41) is 16.8. The van der Waals surface area contributed by atoms with E-state index < -0.39 is 11.4 Å². The third-order valence-electron chi connectivity index (χ3n) is 6.76. The normalized spacial score (nSPS) is 21.2. The van der Waals surface area contributed by atoms with Crippen molar-refractivity contribution in [3.8, 4) is 0 Å². The van der Waals surface area contributed by atoms with E-state index in [1.54, 1.807) is 18.6 Å². The van der Waals surface area contributed by atoms with Gasteiger partial charge < -0.3 is 15.7 Å². The number of nitrogens with zero attached hydrogens (tertiary/aromatic N) is 3. The van der Waals surface area contributed by atoms with E-state index in [2.05, 4.69) is 20.6 Å². The van der Waals surface area contributed by atoms with Crippen LogP contribution in [0.25, 0.3) is 0 Å². The Kier molecular flexibility index (Phi) is 8.50. The number of thioether (sulfide) groups is 1. The Labute approximate surface area is 204 Å². The van der Waals surface area contributed by atoms with Gasteiger partial charge in [0, 0.05) is 54.5 Å². The third kappa shape index (κ3) is 6.33. The number of carboxylic acid groups (broad SMARTS) is 1. The Morgan fingerprint density at radius 2 is 2.03 bits per heavy atom. The standard InChI is InChI=1S/C25H33N5O3S/c31-22(32)15-25(10-4-11-27-17-25)21-8-7-20(23(33)29-18-5-2-1-3-6-18)24(30-21)34-14-9-19-16-26-12-13-28-19/h7-8,12-13,16,18,27H,1-6,9-11,14-15,17H2,(H,29,33)(H,31,32)/t25-/m0/s1. The summed E-state index contributed by atoms with van der Waals surface area (Å²) in [7, 11) is 0. The van der Waals surface area contributed by atoms with Crippen LogP contribution in [-0.4, -0.2) is 56.8 Å². The van der Waals surface area contributed by atoms with Gasteiger partial charge in [-0.2, -0.15) is 0 Å². The maximum absolute atomic E-state index is 13.2. The van der Waals surface area contributed by atoms with Gasteiger partial charge in [0.1, 0.15) is 5.03 Å². The fraction of sp³-hybridized carbons (Fsp3) is 0.560. The first kappa shape index (κ1) is 24.6. The molecule has 1 amide bonds. The van der Waals surface area contributed by atoms with E-state index in [-0.39, 0.29) is 18.4 Å². The number of aryl methyl sites for hydroxylation is 1. The average Bonchev–Trinajstić information content (AvgIpc) is 2.85. The predicted molar refractivity (Wildman–Crippen MR) is 131 cm³/mol. The first-order valence-corrected chi connectivity index (χ1v) is 13.2. The van der Waals surface area contributed by atoms with Crippen LogP contribution in [0.1, 0.15) is 73.1 Å². The summed E-state index contributed by atoms with van der Waals surface area (Å²) in [6.45, 7) is 1.45. The number of nitrogens with one attached hydrogen (secondary N) is 2. The fourth-order valence-corrected chi connectivity index (χ4v) is 5.94. The Balaban J connectivity index is 1.58. The molecule has 8 nitrogen and oxygen atoms in total. The minimum absolute atomic E-state index is 0.0182. The summed E-state index contributed by atoms with van der Waals surface area (Å²) >= 11 is 1.52. The molecule has 0 radical (unpaired) electrons. The second-order valence-electron chi connectivity index (χ2n) is 9.28. The number of rotatable bonds is 9. The van der Waals surface area contributed by atoms with Crippen LogP contribution >= 0.6 is 11.8 Å². The first-order chi connectivity index (χ1) is 16.6. The van der Waals surface area contributed by atoms with Crippen LogP contribution in [0.5, 0.6) is 0 Å². The van der Waals surface area contributed by atoms with Gasteiger partial charge in [0.2, 0.25) is 0 Å². The highest BCUT2D eigenvalue weighted by Gasteiger charge is 2.38. The van der Waals surface area contributed by atoms with Gasteiger partial charge in [0.25, 0.3) is 5.91 Å². The number of hydrogen-bond acceptors (Lipinski definition) is 7. The fourth-order valence-electron chi connectivity index (χ4n) is 4.96. The Hall–Kier alpha value is -2.52. The Morgan fingerprint density at radius 3 is 2.74 bits per heavy atom. The van der Waals surface area contributed by atoms with E-state index in [1.807, 2.05) is 12.1 Å². The minimum atomic E-state index is -0.832. The lowest BCUT2D eigenvalue weighted by Gasteiger charge is -2.36. The number of pyridine rings is 1. The Bertz CT molecular complexity index is 976. The van der Waals surface area contributed by atoms with Crippen molar-refractivity contribution in [3.63, 3.8) is 0 Å². The van der Waals surface area contributed by atoms with Crippen LogP contribution in [0.15, 0.2) is 35.7 Å². The van der Waals surface area contributed by atoms with Gasteiger partial charge in [-0.1, -0.05) is 19.3 Å². The molecule has 4 rings (SSSR count). The molecular formula is C25H33N5O3S. The van der Waals surface area contributed by atoms with Crippen molar-refractivity contribution in [2.45, 2.75) is 74.3 Å². The van der Waals surface area contributed by atoms with Crippen LogP contribution in [-0.2, 0) is 16.6 Å². The highest BCUT2D eigenvalue weighted by atomic mass is 32.2. The molecule has 1 aliphatic carbocycles. The zero-order chi connectivity index (χ0) is 23.8. The summed E-state index contributed by atoms with van der Waals surface area (Å²) in [6.07, 6.45) is 13.0. The molecule has 3 heterocycles. The molecule has 1 saturated carbocycles. The summed E-state index contributed by atoms with van der Waals surface area (Å²) in [5.41, 5.74) is 1.63. The highest BCUT2D eigenvalue weighted by molar-refractivity contribution is 7.99. The molecule has 1 atom stereocenters. The summed E-state index contributed by atoms with van der Waals surface area (Å²) in [4.78, 5) is 38.3. The maximum Gasteiger partial charge on any atom is 0.304 e. The van der Waals surface area contributed by atoms with Gasteiger partial charge >= 0.3 is 5.97 Å². The summed E-state index contributed by atoms with van der Waals surface area (Å²) < 4.78 is 0. The molecule has 1 saturated heterocycles. The third-order valence-corrected chi connectivity index (χ3v) is 7.76. The zero-order valence-electron chi connectivity index (χ0n) is 19.5. The number of amides is 1. The van der Waals surface area contributed by atoms with Crippen LogP contribution in [0.2, 0.25) is 0 Å². The number of carbonyl (C=O) groups excluding carboxylic acids is 1. The van der Waals surface area contributed by atoms with Crippen LogP contribution in [0, 0.1) is 0 Å². The van der Waals surface area contributed by atoms with Crippen molar-refractivity contribution < 1.29 is 14.7 Å². The summed E-state index contributed by atoms with van der Waals surface area (Å²) in [5.74, 6) is -0.230. The molecule has 34 heavy (non-hydrogen) atoms. The first-order valence-electron chi connectivity index (χ1n) is 12.2. The van der Waals surface area contributed by atoms with E-state index in [0.717, 1.165) is 56.5 Å². The molecule has 2 aromatic heterocycles. The molecule has 2 aromatic rings. The smallest absolute Gasteiger partial charge is 0.304 e. The van der Waals surface area contributed by atoms with Crippen molar-refractivity contribution in [1.82, 2.24) is 25.6 Å². The van der Waals surface area contributed by atoms with E-state index in [4.69, 9.17) is 4.98 Å². The van der Waals surface area contributed by atoms with Gasteiger partial charge in [-0.3, -0.25) is 19.6 Å². The van der Waals surface area contributed by atoms with Crippen molar-refractivity contribution in [2.75, 3.05) is 18.8 Å². The van der Waals surface area contributed by atoms with Crippen LogP contribution < -0.4 is 10.6 Å². The van der Waals surface area contributed by atoms with E-state index >= 15 is 0 Å². The van der Waals surface area contributed by atoms with E-state index in [0.29, 0.717) is 29.3 Å². The van der Waals surface area contributed by atoms with E-state index in [1.165, 1.54) is 18.2 Å². The number of hydrogen-bond donors (Lipinski definition) is 3. The van der Waals surface area contributed by atoms with Crippen LogP contribution in [0.3, 0.4) is 0 Å². The lowest BCUT2D eigenvalue weighted by Crippen LogP contribution is -2.45. The predicted octanol–water partition coefficient (Wildman–Crippen LogP) is 3.36. The molecule has 2 aliphatic rings. The molecule has 1 aliphatic heterocycles. The van der Waals surface area contributed by atoms with Gasteiger partial charge in [0.15, 0.2) is 0 Å². The average molecular weight is 484 g/mol. The molecule has 0 aromatic carbocycles. The van der Waals surface area contributed by atoms with Crippen molar-refractivity contribution in [3.05, 3.63) is 47.7 Å². The number of carboxylic acids is 1. The number of aromatic nitrogens is 3. The van der Waals surface area contributed by atoms with Crippen molar-refractivity contribution >= 4 is 23.6 Å². The Morgan fingerprint density at radius 1 is 1.18 bits per heavy atom. The molecule has 3 N–H and O–H groups in total. The highest BCUT2D eigenvalue weighted by Crippen LogP contribution is 2.35. The number of piperidine rings is 1. The van der Waals surface area contributed by atoms with Crippen molar-refractivity contribution in [2.24, 2.45) is 0 Å². The monoisotopic (exact) mass is 483 g/mol. The lowest BCUT2D eigenvalue weighted by atomic mass is 9.74. The van der Waals surface area contributed by atoms with Gasteiger partial charge in [-0.15, -0.1) is 11.8 Å². The molecule has 9 heteroatoms.